The highest BCUT2D eigenvalue weighted by Gasteiger charge is 2.13. The van der Waals surface area contributed by atoms with Crippen LogP contribution in [0.2, 0.25) is 0 Å². The van der Waals surface area contributed by atoms with Gasteiger partial charge in [-0.2, -0.15) is 0 Å². The lowest BCUT2D eigenvalue weighted by Gasteiger charge is -2.19. The highest BCUT2D eigenvalue weighted by molar-refractivity contribution is 6.01. The van der Waals surface area contributed by atoms with E-state index in [-0.39, 0.29) is 11.8 Å². The number of allylic oxidation sites excluding steroid dienone is 1. The van der Waals surface area contributed by atoms with Crippen LogP contribution in [0.1, 0.15) is 43.1 Å². The van der Waals surface area contributed by atoms with Gasteiger partial charge in [0, 0.05) is 22.9 Å². The number of rotatable bonds is 6. The first-order valence-electron chi connectivity index (χ1n) is 6.14. The zero-order valence-corrected chi connectivity index (χ0v) is 11.4. The van der Waals surface area contributed by atoms with Gasteiger partial charge in [-0.25, -0.2) is 0 Å². The summed E-state index contributed by atoms with van der Waals surface area (Å²) in [5.41, 5.74) is 3.50. The lowest BCUT2D eigenvalue weighted by atomic mass is 9.97. The minimum absolute atomic E-state index is 0.0630. The normalized spacial score (nSPS) is 11.7. The molecule has 0 spiro atoms. The SMILES string of the molecule is C=CCC(C)Nc1cccc(C(C)=O)c1C(=C)C. The van der Waals surface area contributed by atoms with Crippen LogP contribution in [0.5, 0.6) is 0 Å². The zero-order valence-electron chi connectivity index (χ0n) is 11.4. The Morgan fingerprint density at radius 3 is 2.61 bits per heavy atom. The summed E-state index contributed by atoms with van der Waals surface area (Å²) in [4.78, 5) is 11.6. The van der Waals surface area contributed by atoms with Crippen LogP contribution in [0.3, 0.4) is 0 Å². The molecule has 0 radical (unpaired) electrons. The van der Waals surface area contributed by atoms with Crippen molar-refractivity contribution in [1.29, 1.82) is 0 Å². The van der Waals surface area contributed by atoms with Crippen molar-refractivity contribution >= 4 is 17.0 Å². The van der Waals surface area contributed by atoms with Crippen molar-refractivity contribution in [1.82, 2.24) is 0 Å². The fraction of sp³-hybridized carbons (Fsp3) is 0.312. The molecule has 2 heteroatoms. The Kier molecular flexibility index (Phi) is 4.90. The molecule has 18 heavy (non-hydrogen) atoms. The molecular formula is C16H21NO. The topological polar surface area (TPSA) is 29.1 Å². The molecule has 0 aliphatic rings. The van der Waals surface area contributed by atoms with Crippen molar-refractivity contribution in [2.75, 3.05) is 5.32 Å². The third kappa shape index (κ3) is 3.33. The van der Waals surface area contributed by atoms with E-state index in [4.69, 9.17) is 0 Å². The Hall–Kier alpha value is -1.83. The number of ketones is 1. The zero-order chi connectivity index (χ0) is 13.7. The van der Waals surface area contributed by atoms with Gasteiger partial charge in [-0.05, 0) is 38.8 Å². The van der Waals surface area contributed by atoms with Crippen molar-refractivity contribution < 1.29 is 4.79 Å². The van der Waals surface area contributed by atoms with E-state index >= 15 is 0 Å². The molecule has 1 atom stereocenters. The highest BCUT2D eigenvalue weighted by Crippen LogP contribution is 2.27. The highest BCUT2D eigenvalue weighted by atomic mass is 16.1. The minimum atomic E-state index is 0.0630. The maximum atomic E-state index is 11.6. The quantitative estimate of drug-likeness (QED) is 0.596. The van der Waals surface area contributed by atoms with Gasteiger partial charge < -0.3 is 5.32 Å². The van der Waals surface area contributed by atoms with Gasteiger partial charge in [-0.15, -0.1) is 6.58 Å². The van der Waals surface area contributed by atoms with Crippen LogP contribution in [-0.4, -0.2) is 11.8 Å². The number of anilines is 1. The Balaban J connectivity index is 3.18. The van der Waals surface area contributed by atoms with Crippen LogP contribution in [0.15, 0.2) is 37.4 Å². The average molecular weight is 243 g/mol. The van der Waals surface area contributed by atoms with Crippen molar-refractivity contribution in [3.63, 3.8) is 0 Å². The number of nitrogens with one attached hydrogen (secondary N) is 1. The fourth-order valence-electron chi connectivity index (χ4n) is 2.00. The Morgan fingerprint density at radius 1 is 1.44 bits per heavy atom. The van der Waals surface area contributed by atoms with Crippen molar-refractivity contribution in [2.45, 2.75) is 33.2 Å². The van der Waals surface area contributed by atoms with Gasteiger partial charge in [0.2, 0.25) is 0 Å². The predicted molar refractivity (Wildman–Crippen MR) is 79.1 cm³/mol. The first kappa shape index (κ1) is 14.2. The maximum Gasteiger partial charge on any atom is 0.160 e. The molecule has 0 fully saturated rings. The molecule has 0 aliphatic heterocycles. The Bertz CT molecular complexity index is 474. The van der Waals surface area contributed by atoms with Crippen molar-refractivity contribution in [3.8, 4) is 0 Å². The number of carbonyl (C=O) groups excluding carboxylic acids is 1. The smallest absolute Gasteiger partial charge is 0.160 e. The number of benzene rings is 1. The fourth-order valence-corrected chi connectivity index (χ4v) is 2.00. The van der Waals surface area contributed by atoms with Crippen LogP contribution < -0.4 is 5.32 Å². The first-order valence-corrected chi connectivity index (χ1v) is 6.14. The molecule has 96 valence electrons. The van der Waals surface area contributed by atoms with Gasteiger partial charge in [0.05, 0.1) is 0 Å². The summed E-state index contributed by atoms with van der Waals surface area (Å²) >= 11 is 0. The molecule has 0 aliphatic carbocycles. The van der Waals surface area contributed by atoms with Crippen LogP contribution in [0.25, 0.3) is 5.57 Å². The van der Waals surface area contributed by atoms with E-state index in [1.54, 1.807) is 6.92 Å². The molecule has 0 amide bonds. The lowest BCUT2D eigenvalue weighted by molar-refractivity contribution is 0.101. The standard InChI is InChI=1S/C16H21NO/c1-6-8-12(4)17-15-10-7-9-14(13(5)18)16(15)11(2)3/h6-7,9-10,12,17H,1-2,8H2,3-5H3. The number of hydrogen-bond donors (Lipinski definition) is 1. The molecule has 1 unspecified atom stereocenters. The van der Waals surface area contributed by atoms with E-state index in [1.807, 2.05) is 31.2 Å². The third-order valence-electron chi connectivity index (χ3n) is 2.79. The van der Waals surface area contributed by atoms with Gasteiger partial charge >= 0.3 is 0 Å². The Morgan fingerprint density at radius 2 is 2.11 bits per heavy atom. The van der Waals surface area contributed by atoms with E-state index < -0.39 is 0 Å². The predicted octanol–water partition coefficient (Wildman–Crippen LogP) is 4.30. The molecule has 1 rings (SSSR count). The molecule has 1 N–H and O–H groups in total. The maximum absolute atomic E-state index is 11.6. The van der Waals surface area contributed by atoms with Crippen LogP contribution in [0, 0.1) is 0 Å². The van der Waals surface area contributed by atoms with E-state index in [0.717, 1.165) is 28.8 Å². The second-order valence-corrected chi connectivity index (χ2v) is 4.63. The van der Waals surface area contributed by atoms with Gasteiger partial charge in [-0.1, -0.05) is 24.8 Å². The lowest BCUT2D eigenvalue weighted by Crippen LogP contribution is -2.16. The number of Topliss-reactive ketones (excluding diaryl/α,β-unsaturated/α-hetero) is 1. The summed E-state index contributed by atoms with van der Waals surface area (Å²) < 4.78 is 0. The second kappa shape index (κ2) is 6.20. The van der Waals surface area contributed by atoms with Crippen LogP contribution >= 0.6 is 0 Å². The van der Waals surface area contributed by atoms with Gasteiger partial charge in [0.15, 0.2) is 5.78 Å². The number of hydrogen-bond acceptors (Lipinski definition) is 2. The summed E-state index contributed by atoms with van der Waals surface area (Å²) in [6.07, 6.45) is 2.76. The summed E-state index contributed by atoms with van der Waals surface area (Å²) in [6, 6.07) is 6.00. The van der Waals surface area contributed by atoms with E-state index in [1.165, 1.54) is 0 Å². The van der Waals surface area contributed by atoms with Crippen LogP contribution in [0.4, 0.5) is 5.69 Å². The monoisotopic (exact) mass is 243 g/mol. The van der Waals surface area contributed by atoms with E-state index in [0.29, 0.717) is 0 Å². The number of carbonyl (C=O) groups is 1. The molecule has 0 bridgehead atoms. The van der Waals surface area contributed by atoms with Gasteiger partial charge in [0.1, 0.15) is 0 Å². The summed E-state index contributed by atoms with van der Waals surface area (Å²) in [7, 11) is 0. The summed E-state index contributed by atoms with van der Waals surface area (Å²) in [6.45, 7) is 13.3. The largest absolute Gasteiger partial charge is 0.382 e. The van der Waals surface area contributed by atoms with Crippen molar-refractivity contribution in [2.24, 2.45) is 0 Å². The molecule has 0 heterocycles. The molecule has 1 aromatic rings. The molecule has 2 nitrogen and oxygen atoms in total. The minimum Gasteiger partial charge on any atom is -0.382 e. The van der Waals surface area contributed by atoms with Gasteiger partial charge in [-0.3, -0.25) is 4.79 Å². The molecule has 0 aromatic heterocycles. The molecular weight excluding hydrogens is 222 g/mol. The van der Waals surface area contributed by atoms with E-state index in [9.17, 15) is 4.79 Å². The average Bonchev–Trinajstić information content (AvgIpc) is 2.28. The van der Waals surface area contributed by atoms with Crippen LogP contribution in [-0.2, 0) is 0 Å². The summed E-state index contributed by atoms with van der Waals surface area (Å²) in [5.74, 6) is 0.0630. The van der Waals surface area contributed by atoms with E-state index in [2.05, 4.69) is 25.4 Å². The third-order valence-corrected chi connectivity index (χ3v) is 2.79. The molecule has 0 saturated heterocycles. The first-order chi connectivity index (χ1) is 8.47. The van der Waals surface area contributed by atoms with Gasteiger partial charge in [0.25, 0.3) is 0 Å². The molecule has 1 aromatic carbocycles. The second-order valence-electron chi connectivity index (χ2n) is 4.63. The Labute approximate surface area is 109 Å². The van der Waals surface area contributed by atoms with Crippen molar-refractivity contribution in [3.05, 3.63) is 48.6 Å². The molecule has 0 saturated carbocycles. The summed E-state index contributed by atoms with van der Waals surface area (Å²) in [5, 5.41) is 3.40.